The van der Waals surface area contributed by atoms with Crippen LogP contribution in [0.2, 0.25) is 0 Å². The summed E-state index contributed by atoms with van der Waals surface area (Å²) in [6, 6.07) is 0.204. The Balaban J connectivity index is 2.63. The molecule has 0 radical (unpaired) electrons. The summed E-state index contributed by atoms with van der Waals surface area (Å²) in [5.41, 5.74) is 8.28. The number of nitrogen functional groups attached to an aromatic ring is 1. The smallest absolute Gasteiger partial charge is 0.321 e. The second-order valence-electron chi connectivity index (χ2n) is 3.67. The van der Waals surface area contributed by atoms with E-state index in [1.807, 2.05) is 20.9 Å². The van der Waals surface area contributed by atoms with Crippen LogP contribution in [0.5, 0.6) is 6.01 Å². The van der Waals surface area contributed by atoms with Crippen molar-refractivity contribution < 1.29 is 4.74 Å². The number of hydrogen-bond acceptors (Lipinski definition) is 6. The molecular formula is C10H14N6O. The fraction of sp³-hybridized carbons (Fsp3) is 0.400. The van der Waals surface area contributed by atoms with Gasteiger partial charge in [-0.15, -0.1) is 0 Å². The van der Waals surface area contributed by atoms with E-state index in [0.717, 1.165) is 17.0 Å². The average Bonchev–Trinajstić information content (AvgIpc) is 2.52. The second-order valence-corrected chi connectivity index (χ2v) is 3.67. The minimum atomic E-state index is 0.134. The number of hydrogen-bond donors (Lipinski definition) is 1. The van der Waals surface area contributed by atoms with Gasteiger partial charge in [0.1, 0.15) is 0 Å². The van der Waals surface area contributed by atoms with Crippen LogP contribution in [-0.4, -0.2) is 31.8 Å². The Morgan fingerprint density at radius 3 is 2.41 bits per heavy atom. The first-order chi connectivity index (χ1) is 8.02. The Bertz CT molecular complexity index is 562. The van der Waals surface area contributed by atoms with E-state index in [9.17, 15) is 0 Å². The molecule has 0 amide bonds. The number of aromatic nitrogens is 5. The van der Waals surface area contributed by atoms with E-state index < -0.39 is 0 Å². The van der Waals surface area contributed by atoms with E-state index >= 15 is 0 Å². The number of aryl methyl sites for hydroxylation is 2. The summed E-state index contributed by atoms with van der Waals surface area (Å²) in [6.45, 7) is 3.84. The molecule has 0 aliphatic heterocycles. The topological polar surface area (TPSA) is 91.7 Å². The number of methoxy groups -OCH3 is 1. The van der Waals surface area contributed by atoms with Gasteiger partial charge in [0.2, 0.25) is 5.95 Å². The third-order valence-electron chi connectivity index (χ3n) is 2.55. The van der Waals surface area contributed by atoms with Crippen molar-refractivity contribution in [1.82, 2.24) is 24.7 Å². The number of nitrogens with zero attached hydrogens (tertiary/aromatic N) is 5. The van der Waals surface area contributed by atoms with Crippen LogP contribution in [0.1, 0.15) is 11.4 Å². The molecule has 17 heavy (non-hydrogen) atoms. The van der Waals surface area contributed by atoms with Gasteiger partial charge in [-0.2, -0.15) is 20.1 Å². The highest BCUT2D eigenvalue weighted by molar-refractivity contribution is 5.62. The van der Waals surface area contributed by atoms with Crippen LogP contribution in [0.4, 0.5) is 5.95 Å². The molecule has 0 spiro atoms. The van der Waals surface area contributed by atoms with Crippen molar-refractivity contribution in [2.24, 2.45) is 7.05 Å². The Morgan fingerprint density at radius 2 is 1.88 bits per heavy atom. The zero-order valence-corrected chi connectivity index (χ0v) is 10.2. The lowest BCUT2D eigenvalue weighted by molar-refractivity contribution is 0.379. The van der Waals surface area contributed by atoms with Crippen molar-refractivity contribution in [2.45, 2.75) is 13.8 Å². The van der Waals surface area contributed by atoms with E-state index in [1.165, 1.54) is 7.11 Å². The van der Waals surface area contributed by atoms with Gasteiger partial charge in [0.15, 0.2) is 5.82 Å². The maximum absolute atomic E-state index is 5.61. The van der Waals surface area contributed by atoms with Gasteiger partial charge < -0.3 is 10.5 Å². The normalized spacial score (nSPS) is 10.6. The predicted molar refractivity (Wildman–Crippen MR) is 62.5 cm³/mol. The lowest BCUT2D eigenvalue weighted by Gasteiger charge is -2.03. The minimum absolute atomic E-state index is 0.134. The lowest BCUT2D eigenvalue weighted by atomic mass is 10.2. The van der Waals surface area contributed by atoms with Crippen LogP contribution < -0.4 is 10.5 Å². The van der Waals surface area contributed by atoms with E-state index in [4.69, 9.17) is 10.5 Å². The summed E-state index contributed by atoms with van der Waals surface area (Å²) in [5.74, 6) is 0.618. The number of ether oxygens (including phenoxy) is 1. The van der Waals surface area contributed by atoms with Crippen molar-refractivity contribution in [3.63, 3.8) is 0 Å². The van der Waals surface area contributed by atoms with Gasteiger partial charge >= 0.3 is 6.01 Å². The van der Waals surface area contributed by atoms with Crippen molar-refractivity contribution in [2.75, 3.05) is 12.8 Å². The molecule has 90 valence electrons. The van der Waals surface area contributed by atoms with Crippen molar-refractivity contribution in [3.05, 3.63) is 11.4 Å². The molecule has 0 bridgehead atoms. The maximum Gasteiger partial charge on any atom is 0.321 e. The first kappa shape index (κ1) is 11.3. The molecule has 2 aromatic heterocycles. The number of rotatable bonds is 2. The van der Waals surface area contributed by atoms with Crippen molar-refractivity contribution in [3.8, 4) is 17.4 Å². The summed E-state index contributed by atoms with van der Waals surface area (Å²) >= 11 is 0. The molecule has 7 nitrogen and oxygen atoms in total. The van der Waals surface area contributed by atoms with Gasteiger partial charge in [-0.25, -0.2) is 0 Å². The van der Waals surface area contributed by atoms with Gasteiger partial charge in [-0.05, 0) is 13.8 Å². The van der Waals surface area contributed by atoms with Crippen molar-refractivity contribution in [1.29, 1.82) is 0 Å². The number of anilines is 1. The summed E-state index contributed by atoms with van der Waals surface area (Å²) in [6.07, 6.45) is 0. The first-order valence-corrected chi connectivity index (χ1v) is 5.09. The molecule has 2 heterocycles. The highest BCUT2D eigenvalue weighted by atomic mass is 16.5. The minimum Gasteiger partial charge on any atom is -0.467 e. The van der Waals surface area contributed by atoms with Gasteiger partial charge in [0.25, 0.3) is 0 Å². The molecule has 0 aromatic carbocycles. The molecule has 0 saturated heterocycles. The van der Waals surface area contributed by atoms with E-state index in [1.54, 1.807) is 4.68 Å². The number of nitrogens with two attached hydrogens (primary N) is 1. The molecular weight excluding hydrogens is 220 g/mol. The lowest BCUT2D eigenvalue weighted by Crippen LogP contribution is -2.03. The van der Waals surface area contributed by atoms with Crippen LogP contribution in [-0.2, 0) is 7.05 Å². The van der Waals surface area contributed by atoms with E-state index in [-0.39, 0.29) is 12.0 Å². The van der Waals surface area contributed by atoms with Gasteiger partial charge in [0, 0.05) is 12.7 Å². The maximum atomic E-state index is 5.61. The molecule has 0 aliphatic carbocycles. The molecule has 0 saturated carbocycles. The molecule has 7 heteroatoms. The summed E-state index contributed by atoms with van der Waals surface area (Å²) in [4.78, 5) is 12.1. The summed E-state index contributed by atoms with van der Waals surface area (Å²) in [5, 5.41) is 4.31. The van der Waals surface area contributed by atoms with Crippen LogP contribution in [0.15, 0.2) is 0 Å². The fourth-order valence-electron chi connectivity index (χ4n) is 1.67. The Morgan fingerprint density at radius 1 is 1.18 bits per heavy atom. The quantitative estimate of drug-likeness (QED) is 0.812. The Labute approximate surface area is 98.7 Å². The molecule has 2 rings (SSSR count). The van der Waals surface area contributed by atoms with Gasteiger partial charge in [-0.1, -0.05) is 0 Å². The SMILES string of the molecule is COc1nc(N)nc(-c2c(C)nn(C)c2C)n1. The van der Waals surface area contributed by atoms with E-state index in [2.05, 4.69) is 20.1 Å². The molecule has 2 N–H and O–H groups in total. The van der Waals surface area contributed by atoms with Crippen LogP contribution >= 0.6 is 0 Å². The second kappa shape index (κ2) is 4.00. The summed E-state index contributed by atoms with van der Waals surface area (Å²) in [7, 11) is 3.36. The monoisotopic (exact) mass is 234 g/mol. The summed E-state index contributed by atoms with van der Waals surface area (Å²) < 4.78 is 6.75. The molecule has 0 aliphatic rings. The Kier molecular flexibility index (Phi) is 2.66. The molecule has 0 unspecified atom stereocenters. The highest BCUT2D eigenvalue weighted by Crippen LogP contribution is 2.24. The Hall–Kier alpha value is -2.18. The fourth-order valence-corrected chi connectivity index (χ4v) is 1.67. The largest absolute Gasteiger partial charge is 0.467 e. The third-order valence-corrected chi connectivity index (χ3v) is 2.55. The van der Waals surface area contributed by atoms with Crippen LogP contribution in [0, 0.1) is 13.8 Å². The molecule has 0 atom stereocenters. The van der Waals surface area contributed by atoms with Crippen LogP contribution in [0.3, 0.4) is 0 Å². The van der Waals surface area contributed by atoms with Gasteiger partial charge in [0.05, 0.1) is 18.4 Å². The molecule has 0 fully saturated rings. The highest BCUT2D eigenvalue weighted by Gasteiger charge is 2.16. The van der Waals surface area contributed by atoms with Crippen LogP contribution in [0.25, 0.3) is 11.4 Å². The molecule has 2 aromatic rings. The zero-order chi connectivity index (χ0) is 12.6. The van der Waals surface area contributed by atoms with Gasteiger partial charge in [-0.3, -0.25) is 4.68 Å². The van der Waals surface area contributed by atoms with Crippen molar-refractivity contribution >= 4 is 5.95 Å². The average molecular weight is 234 g/mol. The third kappa shape index (κ3) is 1.91. The first-order valence-electron chi connectivity index (χ1n) is 5.09. The van der Waals surface area contributed by atoms with E-state index in [0.29, 0.717) is 5.82 Å². The predicted octanol–water partition coefficient (Wildman–Crippen LogP) is 0.480. The standard InChI is InChI=1S/C10H14N6O/c1-5-7(6(2)16(3)15-5)8-12-9(11)14-10(13-8)17-4/h1-4H3,(H2,11,12,13,14). The zero-order valence-electron chi connectivity index (χ0n) is 10.2.